The number of rotatable bonds is 9. The highest BCUT2D eigenvalue weighted by atomic mass is 35.5. The number of halogens is 2. The van der Waals surface area contributed by atoms with Gasteiger partial charge in [-0.05, 0) is 80.4 Å². The van der Waals surface area contributed by atoms with Crippen molar-refractivity contribution in [3.8, 4) is 11.5 Å². The maximum Gasteiger partial charge on any atom is 0.194 e. The van der Waals surface area contributed by atoms with Crippen LogP contribution in [0, 0.1) is 0 Å². The maximum atomic E-state index is 9.63. The lowest BCUT2D eigenvalue weighted by Gasteiger charge is -2.36. The third-order valence-electron chi connectivity index (χ3n) is 7.22. The molecule has 0 aliphatic carbocycles. The minimum Gasteiger partial charge on any atom is -0.508 e. The van der Waals surface area contributed by atoms with Crippen molar-refractivity contribution in [2.24, 2.45) is 0 Å². The lowest BCUT2D eigenvalue weighted by molar-refractivity contribution is -0.164. The Morgan fingerprint density at radius 3 is 2.53 bits per heavy atom. The average Bonchev–Trinajstić information content (AvgIpc) is 3.30. The van der Waals surface area contributed by atoms with Gasteiger partial charge in [-0.15, -0.1) is 0 Å². The summed E-state index contributed by atoms with van der Waals surface area (Å²) in [5.74, 6) is 0.226. The minimum atomic E-state index is -0.924. The molecule has 2 aliphatic heterocycles. The number of ether oxygens (including phenoxy) is 3. The van der Waals surface area contributed by atoms with Gasteiger partial charge in [-0.2, -0.15) is 0 Å². The van der Waals surface area contributed by atoms with Crippen LogP contribution < -0.4 is 9.64 Å². The summed E-state index contributed by atoms with van der Waals surface area (Å²) in [4.78, 5) is 4.94. The standard InChI is InChI=1S/C30H34Cl2N2O4/c1-30(28-12-7-23(31)19-29(28)32)37-21-27(38-30)20-36-26-10-8-24(9-11-26)34-16-14-33(15-17-34)13-3-5-22-4-2-6-25(35)18-22/h2,4,6-12,18-19,27,35H,3,5,13-17,20-21H2,1H3/t27?,30-/m0/s1. The predicted octanol–water partition coefficient (Wildman–Crippen LogP) is 6.12. The second kappa shape index (κ2) is 12.1. The van der Waals surface area contributed by atoms with Gasteiger partial charge in [0.2, 0.25) is 0 Å². The summed E-state index contributed by atoms with van der Waals surface area (Å²) >= 11 is 12.4. The van der Waals surface area contributed by atoms with Gasteiger partial charge in [0.15, 0.2) is 5.79 Å². The molecule has 3 aromatic rings. The number of aryl methyl sites for hydroxylation is 1. The van der Waals surface area contributed by atoms with Crippen LogP contribution in [0.4, 0.5) is 5.69 Å². The molecule has 0 amide bonds. The highest BCUT2D eigenvalue weighted by Crippen LogP contribution is 2.38. The average molecular weight is 558 g/mol. The van der Waals surface area contributed by atoms with E-state index in [0.717, 1.165) is 56.9 Å². The largest absolute Gasteiger partial charge is 0.508 e. The SMILES string of the molecule is C[C@]1(c2ccc(Cl)cc2Cl)OCC(COc2ccc(N3CCN(CCCc4cccc(O)c4)CC3)cc2)O1. The van der Waals surface area contributed by atoms with E-state index in [4.69, 9.17) is 37.4 Å². The molecule has 0 bridgehead atoms. The van der Waals surface area contributed by atoms with Crippen molar-refractivity contribution in [3.05, 3.63) is 87.9 Å². The van der Waals surface area contributed by atoms with Gasteiger partial charge in [0, 0.05) is 42.5 Å². The first-order valence-corrected chi connectivity index (χ1v) is 13.9. The quantitative estimate of drug-likeness (QED) is 0.342. The molecule has 0 spiro atoms. The number of anilines is 1. The van der Waals surface area contributed by atoms with Crippen LogP contribution in [0.2, 0.25) is 10.0 Å². The first-order chi connectivity index (χ1) is 18.4. The van der Waals surface area contributed by atoms with Crippen molar-refractivity contribution in [2.45, 2.75) is 31.7 Å². The van der Waals surface area contributed by atoms with Crippen molar-refractivity contribution < 1.29 is 19.3 Å². The fraction of sp³-hybridized carbons (Fsp3) is 0.400. The van der Waals surface area contributed by atoms with Crippen LogP contribution in [0.1, 0.15) is 24.5 Å². The van der Waals surface area contributed by atoms with Crippen molar-refractivity contribution in [3.63, 3.8) is 0 Å². The zero-order valence-corrected chi connectivity index (χ0v) is 23.1. The number of benzene rings is 3. The van der Waals surface area contributed by atoms with E-state index in [-0.39, 0.29) is 6.10 Å². The monoisotopic (exact) mass is 556 g/mol. The molecule has 1 N–H and O–H groups in total. The molecule has 6 nitrogen and oxygen atoms in total. The van der Waals surface area contributed by atoms with Crippen LogP contribution in [-0.4, -0.2) is 62.0 Å². The fourth-order valence-corrected chi connectivity index (χ4v) is 5.69. The van der Waals surface area contributed by atoms with Gasteiger partial charge in [-0.3, -0.25) is 4.90 Å². The molecule has 5 rings (SSSR count). The topological polar surface area (TPSA) is 54.4 Å². The Bertz CT molecular complexity index is 1220. The molecule has 2 aliphatic rings. The lowest BCUT2D eigenvalue weighted by Crippen LogP contribution is -2.46. The van der Waals surface area contributed by atoms with Gasteiger partial charge in [0.05, 0.1) is 11.6 Å². The molecule has 2 saturated heterocycles. The molecule has 38 heavy (non-hydrogen) atoms. The Balaban J connectivity index is 1.04. The molecule has 3 aromatic carbocycles. The summed E-state index contributed by atoms with van der Waals surface area (Å²) in [6.45, 7) is 7.86. The van der Waals surface area contributed by atoms with E-state index in [0.29, 0.717) is 29.0 Å². The summed E-state index contributed by atoms with van der Waals surface area (Å²) in [5, 5.41) is 10.7. The number of phenols is 1. The molecular formula is C30H34Cl2N2O4. The van der Waals surface area contributed by atoms with Gasteiger partial charge in [-0.25, -0.2) is 0 Å². The molecule has 0 aromatic heterocycles. The first-order valence-electron chi connectivity index (χ1n) is 13.1. The molecule has 2 atom stereocenters. The van der Waals surface area contributed by atoms with E-state index in [1.807, 2.05) is 37.3 Å². The van der Waals surface area contributed by atoms with E-state index in [1.54, 1.807) is 18.2 Å². The Labute approximate surface area is 234 Å². The Kier molecular flexibility index (Phi) is 8.66. The summed E-state index contributed by atoms with van der Waals surface area (Å²) in [5.41, 5.74) is 3.16. The number of aromatic hydroxyl groups is 1. The zero-order chi connectivity index (χ0) is 26.5. The van der Waals surface area contributed by atoms with E-state index < -0.39 is 5.79 Å². The number of nitrogens with zero attached hydrogens (tertiary/aromatic N) is 2. The minimum absolute atomic E-state index is 0.202. The Hall–Kier alpha value is -2.48. The maximum absolute atomic E-state index is 9.63. The van der Waals surface area contributed by atoms with E-state index in [9.17, 15) is 5.11 Å². The van der Waals surface area contributed by atoms with Gasteiger partial charge >= 0.3 is 0 Å². The van der Waals surface area contributed by atoms with Gasteiger partial charge in [0.25, 0.3) is 0 Å². The predicted molar refractivity (Wildman–Crippen MR) is 152 cm³/mol. The molecular weight excluding hydrogens is 523 g/mol. The fourth-order valence-electron chi connectivity index (χ4n) is 5.11. The van der Waals surface area contributed by atoms with Crippen LogP contribution in [0.3, 0.4) is 0 Å². The third kappa shape index (κ3) is 6.74. The third-order valence-corrected chi connectivity index (χ3v) is 7.76. The van der Waals surface area contributed by atoms with Gasteiger partial charge < -0.3 is 24.2 Å². The molecule has 0 saturated carbocycles. The van der Waals surface area contributed by atoms with Crippen LogP contribution in [0.15, 0.2) is 66.7 Å². The zero-order valence-electron chi connectivity index (χ0n) is 21.6. The highest BCUT2D eigenvalue weighted by molar-refractivity contribution is 6.35. The van der Waals surface area contributed by atoms with E-state index in [2.05, 4.69) is 28.0 Å². The second-order valence-electron chi connectivity index (χ2n) is 10.0. The second-order valence-corrected chi connectivity index (χ2v) is 10.9. The van der Waals surface area contributed by atoms with Gasteiger partial charge in [0.1, 0.15) is 24.2 Å². The Morgan fingerprint density at radius 1 is 1.00 bits per heavy atom. The lowest BCUT2D eigenvalue weighted by atomic mass is 10.1. The van der Waals surface area contributed by atoms with Gasteiger partial charge in [-0.1, -0.05) is 41.4 Å². The number of phenolic OH excluding ortho intramolecular Hbond substituents is 1. The molecule has 0 radical (unpaired) electrons. The number of hydrogen-bond donors (Lipinski definition) is 1. The normalized spacial score (nSPS) is 22.1. The molecule has 2 fully saturated rings. The molecule has 2 heterocycles. The van der Waals surface area contributed by atoms with Crippen molar-refractivity contribution >= 4 is 28.9 Å². The number of hydrogen-bond acceptors (Lipinski definition) is 6. The van der Waals surface area contributed by atoms with Crippen molar-refractivity contribution in [2.75, 3.05) is 50.8 Å². The first kappa shape index (κ1) is 27.1. The summed E-state index contributed by atoms with van der Waals surface area (Å²) < 4.78 is 18.1. The van der Waals surface area contributed by atoms with Crippen LogP contribution in [-0.2, 0) is 21.7 Å². The molecule has 8 heteroatoms. The smallest absolute Gasteiger partial charge is 0.194 e. The van der Waals surface area contributed by atoms with Crippen molar-refractivity contribution in [1.29, 1.82) is 0 Å². The van der Waals surface area contributed by atoms with E-state index >= 15 is 0 Å². The van der Waals surface area contributed by atoms with Crippen LogP contribution in [0.25, 0.3) is 0 Å². The van der Waals surface area contributed by atoms with Crippen LogP contribution >= 0.6 is 23.2 Å². The van der Waals surface area contributed by atoms with Crippen LogP contribution in [0.5, 0.6) is 11.5 Å². The molecule has 1 unspecified atom stereocenters. The van der Waals surface area contributed by atoms with E-state index in [1.165, 1.54) is 11.3 Å². The summed E-state index contributed by atoms with van der Waals surface area (Å²) in [6.07, 6.45) is 1.88. The summed E-state index contributed by atoms with van der Waals surface area (Å²) in [6, 6.07) is 21.1. The highest BCUT2D eigenvalue weighted by Gasteiger charge is 2.40. The number of piperazine rings is 1. The van der Waals surface area contributed by atoms with Crippen molar-refractivity contribution in [1.82, 2.24) is 4.90 Å². The Morgan fingerprint density at radius 2 is 1.79 bits per heavy atom. The summed E-state index contributed by atoms with van der Waals surface area (Å²) in [7, 11) is 0. The molecule has 202 valence electrons.